The number of hydrogen-bond donors (Lipinski definition) is 5. The van der Waals surface area contributed by atoms with E-state index in [1.165, 1.54) is 13.4 Å². The van der Waals surface area contributed by atoms with Gasteiger partial charge >= 0.3 is 29.0 Å². The normalized spacial score (nSPS) is 13.0. The van der Waals surface area contributed by atoms with Gasteiger partial charge in [-0.1, -0.05) is 118 Å². The van der Waals surface area contributed by atoms with Gasteiger partial charge in [0.2, 0.25) is 17.7 Å². The number of hydrogen-bond acceptors (Lipinski definition) is 9. The number of ether oxygens (including phenoxy) is 1. The summed E-state index contributed by atoms with van der Waals surface area (Å²) in [7, 11) is 1.41. The van der Waals surface area contributed by atoms with Crippen molar-refractivity contribution in [3.63, 3.8) is 0 Å². The molecule has 0 spiro atoms. The number of nitrogens with zero attached hydrogens (tertiary/aromatic N) is 5. The van der Waals surface area contributed by atoms with Crippen LogP contribution in [0.15, 0.2) is 62.1 Å². The molecular formula is C58H73FeN9O7. The van der Waals surface area contributed by atoms with Crippen LogP contribution in [0.3, 0.4) is 0 Å². The third-order valence-electron chi connectivity index (χ3n) is 13.9. The van der Waals surface area contributed by atoms with E-state index in [1.54, 1.807) is 18.3 Å². The maximum Gasteiger partial charge on any atom is 2.00 e. The number of carboxylic acids is 1. The van der Waals surface area contributed by atoms with Gasteiger partial charge in [0.25, 0.3) is 0 Å². The number of aromatic nitrogens is 6. The van der Waals surface area contributed by atoms with Crippen LogP contribution in [-0.2, 0) is 65.0 Å². The molecule has 75 heavy (non-hydrogen) atoms. The second-order valence-corrected chi connectivity index (χ2v) is 19.7. The standard InChI is InChI=1S/C58H75N9O7.Fe/c1-10-40-35(5)44-28-45-37(7)42(50(64-45)31-51-43(22-24-55(69)70)38(8)47(65-51)30-49-41(11-2)36(6)46(63-49)29-48(40)62-44)21-23-54(68)66-52(26-34(3)4)58(73)67-53(27-39-32-59-33-61-39)57(72)60-25-19-17-15-13-12-14-16-18-20-56(71)74-9;/h10-11,28-34,52-53H,1-2,12-27H2,3-9H3,(H7,59,60,61,62,63,64,65,66,67,68,69,70,72,73);/q;+2/p-2. The van der Waals surface area contributed by atoms with Crippen molar-refractivity contribution in [3.05, 3.63) is 113 Å². The molecule has 0 saturated carbocycles. The van der Waals surface area contributed by atoms with Crippen molar-refractivity contribution in [2.45, 2.75) is 150 Å². The van der Waals surface area contributed by atoms with Crippen LogP contribution in [0.2, 0.25) is 0 Å². The number of aromatic amines is 1. The van der Waals surface area contributed by atoms with Crippen LogP contribution < -0.4 is 25.9 Å². The summed E-state index contributed by atoms with van der Waals surface area (Å²) >= 11 is 0. The quantitative estimate of drug-likeness (QED) is 0.0214. The predicted molar refractivity (Wildman–Crippen MR) is 290 cm³/mol. The summed E-state index contributed by atoms with van der Waals surface area (Å²) in [6.07, 6.45) is 15.9. The summed E-state index contributed by atoms with van der Waals surface area (Å²) < 4.78 is 4.71. The average molecular weight is 1060 g/mol. The summed E-state index contributed by atoms with van der Waals surface area (Å²) in [6.45, 7) is 20.5. The van der Waals surface area contributed by atoms with Crippen LogP contribution in [0.25, 0.3) is 44.4 Å². The first-order chi connectivity index (χ1) is 35.5. The van der Waals surface area contributed by atoms with Crippen molar-refractivity contribution in [2.24, 2.45) is 5.92 Å². The van der Waals surface area contributed by atoms with Crippen molar-refractivity contribution < 1.29 is 50.9 Å². The fourth-order valence-corrected chi connectivity index (χ4v) is 9.58. The molecule has 8 bridgehead atoms. The molecule has 5 N–H and O–H groups in total. The number of imidazole rings is 1. The third-order valence-corrected chi connectivity index (χ3v) is 13.9. The smallest absolute Gasteiger partial charge is 0.657 e. The molecule has 0 saturated heterocycles. The number of carbonyl (C=O) groups excluding carboxylic acids is 4. The molecule has 16 nitrogen and oxygen atoms in total. The van der Waals surface area contributed by atoms with Crippen molar-refractivity contribution in [2.75, 3.05) is 13.7 Å². The molecule has 2 atom stereocenters. The van der Waals surface area contributed by atoms with Gasteiger partial charge in [0.15, 0.2) is 0 Å². The van der Waals surface area contributed by atoms with Crippen LogP contribution in [0.5, 0.6) is 0 Å². The summed E-state index contributed by atoms with van der Waals surface area (Å²) in [5.41, 5.74) is 12.8. The van der Waals surface area contributed by atoms with Gasteiger partial charge in [-0.25, -0.2) is 15.0 Å². The first-order valence-electron chi connectivity index (χ1n) is 26.0. The summed E-state index contributed by atoms with van der Waals surface area (Å²) in [6, 6.07) is 5.82. The first kappa shape index (κ1) is 59.0. The van der Waals surface area contributed by atoms with Crippen LogP contribution in [-0.4, -0.2) is 80.4 Å². The Kier molecular flexibility index (Phi) is 22.2. The predicted octanol–water partition coefficient (Wildman–Crippen LogP) is 9.15. The number of fused-ring (bicyclic) bond motifs is 8. The Balaban J connectivity index is 0.0000104. The number of rotatable bonds is 27. The second kappa shape index (κ2) is 28.2. The number of aliphatic carboxylic acids is 1. The number of methoxy groups -OCH3 is 1. The molecular weight excluding hydrogens is 991 g/mol. The maximum atomic E-state index is 14.2. The van der Waals surface area contributed by atoms with Crippen molar-refractivity contribution in [1.29, 1.82) is 0 Å². The van der Waals surface area contributed by atoms with E-state index in [1.807, 2.05) is 65.8 Å². The SMILES string of the molecule is C=CC1=C(C)c2cc3[n-]c(cc4[n-]c(cc5nc(cc1n2)C(C)=C5C=C)c(C)c4CCC(=O)O)c(CCC(=O)NC(CC(C)C)C(=O)NC(Cc1cnc[nH]1)C(=O)NCCCCCCCCCCC(=O)OC)c3C.[Fe+2]. The van der Waals surface area contributed by atoms with Crippen molar-refractivity contribution in [1.82, 2.24) is 45.9 Å². The molecule has 0 fully saturated rings. The number of esters is 1. The van der Waals surface area contributed by atoms with E-state index < -0.39 is 24.0 Å². The van der Waals surface area contributed by atoms with Gasteiger partial charge in [0, 0.05) is 55.3 Å². The molecule has 2 aliphatic rings. The summed E-state index contributed by atoms with van der Waals surface area (Å²) in [4.78, 5) is 92.6. The number of nitrogens with one attached hydrogen (secondary N) is 4. The molecule has 6 heterocycles. The fourth-order valence-electron chi connectivity index (χ4n) is 9.58. The maximum absolute atomic E-state index is 14.2. The minimum absolute atomic E-state index is 0. The van der Waals surface area contributed by atoms with Crippen LogP contribution in [0, 0.1) is 19.8 Å². The summed E-state index contributed by atoms with van der Waals surface area (Å²) in [5.74, 6) is -2.20. The van der Waals surface area contributed by atoms with E-state index in [9.17, 15) is 29.1 Å². The second-order valence-electron chi connectivity index (χ2n) is 19.7. The Morgan fingerprint density at radius 3 is 1.79 bits per heavy atom. The van der Waals surface area contributed by atoms with Gasteiger partial charge in [-0.05, 0) is 82.9 Å². The van der Waals surface area contributed by atoms with E-state index in [2.05, 4.69) is 39.1 Å². The zero-order valence-corrected chi connectivity index (χ0v) is 45.7. The third kappa shape index (κ3) is 15.8. The molecule has 6 rings (SSSR count). The van der Waals surface area contributed by atoms with Gasteiger partial charge < -0.3 is 40.7 Å². The Bertz CT molecular complexity index is 2960. The number of carbonyl (C=O) groups is 5. The number of amides is 3. The minimum Gasteiger partial charge on any atom is -0.657 e. The Morgan fingerprint density at radius 2 is 1.24 bits per heavy atom. The Hall–Kier alpha value is -6.84. The van der Waals surface area contributed by atoms with Gasteiger partial charge in [0.1, 0.15) is 12.1 Å². The Morgan fingerprint density at radius 1 is 0.693 bits per heavy atom. The molecule has 0 radical (unpaired) electrons. The monoisotopic (exact) mass is 1060 g/mol. The number of carboxylic acid groups (broad SMARTS) is 1. The van der Waals surface area contributed by atoms with Gasteiger partial charge in [-0.2, -0.15) is 0 Å². The molecule has 2 aliphatic heterocycles. The summed E-state index contributed by atoms with van der Waals surface area (Å²) in [5, 5.41) is 18.7. The number of aryl methyl sites for hydroxylation is 4. The van der Waals surface area contributed by atoms with Gasteiger partial charge in [0.05, 0.1) is 36.2 Å². The average Bonchev–Trinajstić information content (AvgIpc) is 4.17. The zero-order valence-electron chi connectivity index (χ0n) is 44.6. The van der Waals surface area contributed by atoms with Crippen molar-refractivity contribution >= 4 is 74.0 Å². The molecule has 0 aliphatic carbocycles. The molecule has 3 amide bonds. The fraction of sp³-hybridized carbons (Fsp3) is 0.448. The molecule has 4 aromatic rings. The van der Waals surface area contributed by atoms with E-state index in [0.717, 1.165) is 102 Å². The first-order valence-corrected chi connectivity index (χ1v) is 26.0. The van der Waals surface area contributed by atoms with Gasteiger partial charge in [-0.3, -0.25) is 24.0 Å². The number of unbranched alkanes of at least 4 members (excludes halogenated alkanes) is 7. The Labute approximate surface area is 451 Å². The minimum atomic E-state index is -0.929. The van der Waals surface area contributed by atoms with Crippen molar-refractivity contribution in [3.8, 4) is 0 Å². The molecule has 4 aromatic heterocycles. The number of H-pyrrole nitrogens is 1. The topological polar surface area (TPSA) is 234 Å². The largest absolute Gasteiger partial charge is 2.00 e. The molecule has 400 valence electrons. The molecule has 2 unspecified atom stereocenters. The molecule has 17 heteroatoms. The van der Waals surface area contributed by atoms with Crippen LogP contribution in [0.4, 0.5) is 0 Å². The van der Waals surface area contributed by atoms with Crippen LogP contribution >= 0.6 is 0 Å². The van der Waals surface area contributed by atoms with E-state index in [-0.39, 0.29) is 72.9 Å². The van der Waals surface area contributed by atoms with E-state index in [4.69, 9.17) is 24.7 Å². The zero-order chi connectivity index (χ0) is 53.5. The van der Waals surface area contributed by atoms with E-state index >= 15 is 0 Å². The molecule has 0 aromatic carbocycles. The van der Waals surface area contributed by atoms with Gasteiger partial charge in [-0.15, -0.1) is 22.1 Å². The van der Waals surface area contributed by atoms with Crippen LogP contribution in [0.1, 0.15) is 155 Å². The van der Waals surface area contributed by atoms with E-state index in [0.29, 0.717) is 64.2 Å². The number of allylic oxidation sites excluding steroid dienone is 6.